The molecule has 0 radical (unpaired) electrons. The smallest absolute Gasteiger partial charge is 0.252 e. The third-order valence-electron chi connectivity index (χ3n) is 5.23. The molecule has 0 saturated carbocycles. The highest BCUT2D eigenvalue weighted by Gasteiger charge is 2.19. The summed E-state index contributed by atoms with van der Waals surface area (Å²) in [6, 6.07) is 9.85. The highest BCUT2D eigenvalue weighted by atomic mass is 32.1. The Morgan fingerprint density at radius 3 is 2.65 bits per heavy atom. The normalized spacial score (nSPS) is 12.9. The van der Waals surface area contributed by atoms with Gasteiger partial charge in [0.2, 0.25) is 6.79 Å². The molecule has 1 aromatic heterocycles. The number of anilines is 1. The van der Waals surface area contributed by atoms with Crippen LogP contribution < -0.4 is 14.4 Å². The van der Waals surface area contributed by atoms with Gasteiger partial charge in [0.15, 0.2) is 16.6 Å². The summed E-state index contributed by atoms with van der Waals surface area (Å²) in [5, 5.41) is 0.742. The van der Waals surface area contributed by atoms with E-state index in [-0.39, 0.29) is 12.7 Å². The zero-order chi connectivity index (χ0) is 22.0. The van der Waals surface area contributed by atoms with Gasteiger partial charge in [-0.25, -0.2) is 4.98 Å². The van der Waals surface area contributed by atoms with E-state index < -0.39 is 0 Å². The number of aromatic nitrogens is 1. The van der Waals surface area contributed by atoms with Crippen LogP contribution in [0, 0.1) is 13.8 Å². The molecule has 0 N–H and O–H groups in total. The van der Waals surface area contributed by atoms with Crippen LogP contribution in [0.4, 0.5) is 5.13 Å². The Labute approximate surface area is 186 Å². The standard InChI is InChI=1S/C24H27N3O3S/c1-16-6-7-17(2)23-22(16)25-24(31-23)27(13-5-12-26(3)4)21(28)11-9-18-8-10-19-20(14-18)30-15-29-19/h6-11,14H,5,12-13,15H2,1-4H3/b11-9+. The highest BCUT2D eigenvalue weighted by Crippen LogP contribution is 2.34. The van der Waals surface area contributed by atoms with Gasteiger partial charge in [0, 0.05) is 12.6 Å². The molecule has 162 valence electrons. The lowest BCUT2D eigenvalue weighted by Gasteiger charge is -2.19. The molecule has 3 aromatic rings. The molecule has 0 aliphatic carbocycles. The Morgan fingerprint density at radius 1 is 1.10 bits per heavy atom. The summed E-state index contributed by atoms with van der Waals surface area (Å²) in [4.78, 5) is 22.0. The molecule has 0 atom stereocenters. The minimum absolute atomic E-state index is 0.0780. The van der Waals surface area contributed by atoms with E-state index in [9.17, 15) is 4.79 Å². The zero-order valence-corrected chi connectivity index (χ0v) is 19.2. The Balaban J connectivity index is 1.60. The monoisotopic (exact) mass is 437 g/mol. The SMILES string of the molecule is Cc1ccc(C)c2sc(N(CCCN(C)C)C(=O)/C=C/c3ccc4c(c3)OCO4)nc12. The number of aryl methyl sites for hydroxylation is 2. The van der Waals surface area contributed by atoms with Gasteiger partial charge < -0.3 is 14.4 Å². The van der Waals surface area contributed by atoms with Crippen molar-refractivity contribution in [3.8, 4) is 11.5 Å². The molecule has 4 rings (SSSR count). The summed E-state index contributed by atoms with van der Waals surface area (Å²) in [5.41, 5.74) is 4.17. The average molecular weight is 438 g/mol. The first kappa shape index (κ1) is 21.3. The van der Waals surface area contributed by atoms with Crippen molar-refractivity contribution < 1.29 is 14.3 Å². The number of fused-ring (bicyclic) bond motifs is 2. The van der Waals surface area contributed by atoms with Crippen LogP contribution in [0.1, 0.15) is 23.1 Å². The van der Waals surface area contributed by atoms with Crippen molar-refractivity contribution >= 4 is 38.7 Å². The fourth-order valence-electron chi connectivity index (χ4n) is 3.48. The van der Waals surface area contributed by atoms with E-state index in [1.165, 1.54) is 5.56 Å². The van der Waals surface area contributed by atoms with Crippen LogP contribution in [0.5, 0.6) is 11.5 Å². The summed E-state index contributed by atoms with van der Waals surface area (Å²) in [5.74, 6) is 1.36. The van der Waals surface area contributed by atoms with Crippen LogP contribution in [-0.4, -0.2) is 49.8 Å². The number of rotatable bonds is 7. The molecule has 31 heavy (non-hydrogen) atoms. The number of carbonyl (C=O) groups is 1. The van der Waals surface area contributed by atoms with Crippen molar-refractivity contribution in [2.75, 3.05) is 38.9 Å². The molecule has 1 amide bonds. The van der Waals surface area contributed by atoms with Crippen molar-refractivity contribution in [2.45, 2.75) is 20.3 Å². The first-order valence-corrected chi connectivity index (χ1v) is 11.1. The van der Waals surface area contributed by atoms with E-state index in [0.717, 1.165) is 45.2 Å². The molecule has 0 bridgehead atoms. The fraction of sp³-hybridized carbons (Fsp3) is 0.333. The van der Waals surface area contributed by atoms with Gasteiger partial charge in [-0.1, -0.05) is 29.5 Å². The summed E-state index contributed by atoms with van der Waals surface area (Å²) in [6.07, 6.45) is 4.29. The lowest BCUT2D eigenvalue weighted by molar-refractivity contribution is -0.114. The molecule has 1 aliphatic heterocycles. The second kappa shape index (κ2) is 9.08. The van der Waals surface area contributed by atoms with Gasteiger partial charge in [0.05, 0.1) is 10.2 Å². The third-order valence-corrected chi connectivity index (χ3v) is 6.44. The minimum Gasteiger partial charge on any atom is -0.454 e. The fourth-order valence-corrected chi connectivity index (χ4v) is 4.63. The van der Waals surface area contributed by atoms with Crippen molar-refractivity contribution in [3.63, 3.8) is 0 Å². The van der Waals surface area contributed by atoms with E-state index >= 15 is 0 Å². The summed E-state index contributed by atoms with van der Waals surface area (Å²) < 4.78 is 11.9. The number of benzene rings is 2. The molecule has 1 aliphatic rings. The predicted octanol–water partition coefficient (Wildman–Crippen LogP) is 4.64. The van der Waals surface area contributed by atoms with E-state index in [1.807, 2.05) is 38.4 Å². The molecule has 0 saturated heterocycles. The van der Waals surface area contributed by atoms with Crippen molar-refractivity contribution in [2.24, 2.45) is 0 Å². The van der Waals surface area contributed by atoms with E-state index in [2.05, 4.69) is 30.9 Å². The van der Waals surface area contributed by atoms with Gasteiger partial charge in [0.1, 0.15) is 0 Å². The van der Waals surface area contributed by atoms with Crippen molar-refractivity contribution in [1.29, 1.82) is 0 Å². The number of nitrogens with zero attached hydrogens (tertiary/aromatic N) is 3. The van der Waals surface area contributed by atoms with Gasteiger partial charge in [-0.15, -0.1) is 0 Å². The summed E-state index contributed by atoms with van der Waals surface area (Å²) in [7, 11) is 4.08. The molecular formula is C24H27N3O3S. The summed E-state index contributed by atoms with van der Waals surface area (Å²) in [6.45, 7) is 5.89. The molecule has 0 unspecified atom stereocenters. The molecule has 0 spiro atoms. The molecular weight excluding hydrogens is 410 g/mol. The van der Waals surface area contributed by atoms with Crippen LogP contribution >= 0.6 is 11.3 Å². The van der Waals surface area contributed by atoms with Gasteiger partial charge in [-0.3, -0.25) is 9.69 Å². The minimum atomic E-state index is -0.0780. The number of ether oxygens (including phenoxy) is 2. The Kier molecular flexibility index (Phi) is 6.25. The van der Waals surface area contributed by atoms with Crippen LogP contribution in [0.15, 0.2) is 36.4 Å². The summed E-state index contributed by atoms with van der Waals surface area (Å²) >= 11 is 1.58. The van der Waals surface area contributed by atoms with E-state index in [4.69, 9.17) is 14.5 Å². The maximum atomic E-state index is 13.2. The third kappa shape index (κ3) is 4.73. The number of amides is 1. The van der Waals surface area contributed by atoms with E-state index in [1.54, 1.807) is 22.3 Å². The lowest BCUT2D eigenvalue weighted by atomic mass is 10.1. The quantitative estimate of drug-likeness (QED) is 0.504. The molecule has 7 heteroatoms. The maximum Gasteiger partial charge on any atom is 0.252 e. The Bertz CT molecular complexity index is 1100. The second-order valence-electron chi connectivity index (χ2n) is 7.97. The Hall–Kier alpha value is -2.90. The highest BCUT2D eigenvalue weighted by molar-refractivity contribution is 7.22. The van der Waals surface area contributed by atoms with Crippen molar-refractivity contribution in [1.82, 2.24) is 9.88 Å². The van der Waals surface area contributed by atoms with Gasteiger partial charge >= 0.3 is 0 Å². The first-order chi connectivity index (χ1) is 14.9. The maximum absolute atomic E-state index is 13.2. The van der Waals surface area contributed by atoms with E-state index in [0.29, 0.717) is 12.3 Å². The number of hydrogen-bond donors (Lipinski definition) is 0. The molecule has 2 heterocycles. The van der Waals surface area contributed by atoms with Crippen LogP contribution in [-0.2, 0) is 4.79 Å². The number of carbonyl (C=O) groups excluding carboxylic acids is 1. The first-order valence-electron chi connectivity index (χ1n) is 10.3. The molecule has 0 fully saturated rings. The lowest BCUT2D eigenvalue weighted by Crippen LogP contribution is -2.32. The van der Waals surface area contributed by atoms with Crippen LogP contribution in [0.25, 0.3) is 16.3 Å². The Morgan fingerprint density at radius 2 is 1.87 bits per heavy atom. The van der Waals surface area contributed by atoms with Gasteiger partial charge in [0.25, 0.3) is 5.91 Å². The number of thiazole rings is 1. The van der Waals surface area contributed by atoms with Crippen molar-refractivity contribution in [3.05, 3.63) is 53.1 Å². The largest absolute Gasteiger partial charge is 0.454 e. The average Bonchev–Trinajstić information content (AvgIpc) is 3.39. The van der Waals surface area contributed by atoms with Crippen LogP contribution in [0.2, 0.25) is 0 Å². The number of hydrogen-bond acceptors (Lipinski definition) is 6. The predicted molar refractivity (Wildman–Crippen MR) is 126 cm³/mol. The topological polar surface area (TPSA) is 54.9 Å². The second-order valence-corrected chi connectivity index (χ2v) is 8.94. The zero-order valence-electron chi connectivity index (χ0n) is 18.3. The van der Waals surface area contributed by atoms with Gasteiger partial charge in [-0.05, 0) is 75.8 Å². The molecule has 6 nitrogen and oxygen atoms in total. The van der Waals surface area contributed by atoms with Gasteiger partial charge in [-0.2, -0.15) is 0 Å². The van der Waals surface area contributed by atoms with Crippen LogP contribution in [0.3, 0.4) is 0 Å². The molecule has 2 aromatic carbocycles.